The number of carbonyl (C=O) groups is 2. The first-order valence-corrected chi connectivity index (χ1v) is 13.9. The number of halogens is 1. The smallest absolute Gasteiger partial charge is 0.337 e. The highest BCUT2D eigenvalue weighted by Crippen LogP contribution is 2.35. The molecule has 12 nitrogen and oxygen atoms in total. The maximum Gasteiger partial charge on any atom is 0.337 e. The minimum Gasteiger partial charge on any atom is -0.493 e. The molecule has 41 heavy (non-hydrogen) atoms. The van der Waals surface area contributed by atoms with Crippen molar-refractivity contribution in [3.05, 3.63) is 56.3 Å². The molecule has 0 saturated heterocycles. The summed E-state index contributed by atoms with van der Waals surface area (Å²) in [6.45, 7) is 7.45. The number of hydrogen-bond donors (Lipinski definition) is 4. The van der Waals surface area contributed by atoms with Gasteiger partial charge in [0.2, 0.25) is 0 Å². The Hall–Kier alpha value is -3.72. The molecular weight excluding hydrogens is 647 g/mol. The molecule has 1 heterocycles. The van der Waals surface area contributed by atoms with Crippen molar-refractivity contribution in [2.24, 2.45) is 5.10 Å². The Balaban J connectivity index is 1.73. The van der Waals surface area contributed by atoms with Crippen LogP contribution < -0.4 is 35.0 Å². The van der Waals surface area contributed by atoms with E-state index in [1.54, 1.807) is 32.2 Å². The molecule has 2 aromatic rings. The molecule has 2 aromatic carbocycles. The van der Waals surface area contributed by atoms with Gasteiger partial charge in [-0.05, 0) is 80.1 Å². The summed E-state index contributed by atoms with van der Waals surface area (Å²) in [5, 5.41) is 19.9. The second kappa shape index (κ2) is 14.8. The monoisotopic (exact) mass is 682 g/mol. The lowest BCUT2D eigenvalue weighted by Crippen LogP contribution is -2.45. The van der Waals surface area contributed by atoms with E-state index in [0.717, 1.165) is 3.57 Å². The second-order valence-electron chi connectivity index (χ2n) is 9.11. The van der Waals surface area contributed by atoms with Gasteiger partial charge in [0.15, 0.2) is 29.2 Å². The lowest BCUT2D eigenvalue weighted by atomic mass is 9.95. The van der Waals surface area contributed by atoms with E-state index in [4.69, 9.17) is 23.7 Å². The van der Waals surface area contributed by atoms with Gasteiger partial charge in [0, 0.05) is 14.8 Å². The molecule has 0 radical (unpaired) electrons. The normalized spacial score (nSPS) is 15.7. The molecule has 13 heteroatoms. The first kappa shape index (κ1) is 31.8. The zero-order valence-corrected chi connectivity index (χ0v) is 25.9. The van der Waals surface area contributed by atoms with Crippen LogP contribution in [0.2, 0.25) is 0 Å². The van der Waals surface area contributed by atoms with Crippen LogP contribution in [0.5, 0.6) is 23.0 Å². The van der Waals surface area contributed by atoms with Gasteiger partial charge in [-0.3, -0.25) is 5.43 Å². The number of nitrogens with zero attached hydrogens (tertiary/aromatic N) is 1. The number of aliphatic hydroxyl groups excluding tert-OH is 1. The highest BCUT2D eigenvalue weighted by Gasteiger charge is 2.32. The highest BCUT2D eigenvalue weighted by atomic mass is 127. The first-order chi connectivity index (χ1) is 19.6. The van der Waals surface area contributed by atoms with Gasteiger partial charge in [-0.25, -0.2) is 9.59 Å². The number of allylic oxidation sites excluding steroid dienone is 1. The van der Waals surface area contributed by atoms with E-state index < -0.39 is 24.3 Å². The fraction of sp³-hybridized carbons (Fsp3) is 0.393. The summed E-state index contributed by atoms with van der Waals surface area (Å²) >= 11 is 2.18. The third kappa shape index (κ3) is 8.39. The quantitative estimate of drug-likeness (QED) is 0.0818. The Labute approximate surface area is 252 Å². The van der Waals surface area contributed by atoms with E-state index in [0.29, 0.717) is 46.4 Å². The number of benzene rings is 2. The number of urea groups is 1. The molecule has 0 fully saturated rings. The molecule has 0 aliphatic carbocycles. The number of aliphatic hydroxyl groups is 1. The molecule has 4 N–H and O–H groups in total. The Morgan fingerprint density at radius 2 is 1.93 bits per heavy atom. The van der Waals surface area contributed by atoms with E-state index >= 15 is 0 Å². The molecule has 1 aliphatic heterocycles. The third-order valence-electron chi connectivity index (χ3n) is 5.72. The van der Waals surface area contributed by atoms with Crippen LogP contribution in [0.4, 0.5) is 4.79 Å². The van der Waals surface area contributed by atoms with Crippen molar-refractivity contribution in [2.45, 2.75) is 46.1 Å². The maximum atomic E-state index is 12.4. The zero-order chi connectivity index (χ0) is 30.1. The van der Waals surface area contributed by atoms with Crippen molar-refractivity contribution in [3.8, 4) is 23.0 Å². The zero-order valence-electron chi connectivity index (χ0n) is 23.7. The Kier molecular flexibility index (Phi) is 11.5. The molecule has 0 spiro atoms. The van der Waals surface area contributed by atoms with Crippen LogP contribution in [0.25, 0.3) is 0 Å². The van der Waals surface area contributed by atoms with E-state index in [2.05, 4.69) is 43.8 Å². The predicted octanol–water partition coefficient (Wildman–Crippen LogP) is 3.61. The number of hydrazone groups is 1. The van der Waals surface area contributed by atoms with E-state index in [1.807, 2.05) is 32.9 Å². The lowest BCUT2D eigenvalue weighted by Gasteiger charge is -2.28. The predicted molar refractivity (Wildman–Crippen MR) is 160 cm³/mol. The molecule has 2 amide bonds. The third-order valence-corrected chi connectivity index (χ3v) is 6.34. The highest BCUT2D eigenvalue weighted by molar-refractivity contribution is 14.1. The van der Waals surface area contributed by atoms with Gasteiger partial charge in [-0.1, -0.05) is 6.07 Å². The van der Waals surface area contributed by atoms with Crippen LogP contribution in [0, 0.1) is 3.57 Å². The maximum absolute atomic E-state index is 12.4. The number of ether oxygens (including phenoxy) is 5. The summed E-state index contributed by atoms with van der Waals surface area (Å²) in [5.74, 6) is 1.29. The SMILES string of the molecule is CCOc1cc([C@H]2NC(=O)NC(C)=C2C(=O)OC)ccc1OC[C@@H](O)N/N=C/c1cc(I)cc(OC)c1OC(C)C. The average molecular weight is 683 g/mol. The van der Waals surface area contributed by atoms with Gasteiger partial charge < -0.3 is 39.4 Å². The molecule has 1 aliphatic rings. The fourth-order valence-corrected chi connectivity index (χ4v) is 4.63. The molecule has 2 atom stereocenters. The van der Waals surface area contributed by atoms with Crippen LogP contribution >= 0.6 is 22.6 Å². The summed E-state index contributed by atoms with van der Waals surface area (Å²) in [6.07, 6.45) is 0.306. The fourth-order valence-electron chi connectivity index (χ4n) is 4.01. The number of methoxy groups -OCH3 is 2. The molecule has 3 rings (SSSR count). The van der Waals surface area contributed by atoms with Gasteiger partial charge >= 0.3 is 12.0 Å². The Morgan fingerprint density at radius 1 is 1.17 bits per heavy atom. The molecule has 0 unspecified atom stereocenters. The largest absolute Gasteiger partial charge is 0.493 e. The summed E-state index contributed by atoms with van der Waals surface area (Å²) in [6, 6.07) is 7.56. The minimum absolute atomic E-state index is 0.0767. The summed E-state index contributed by atoms with van der Waals surface area (Å²) in [4.78, 5) is 24.6. The molecule has 222 valence electrons. The summed E-state index contributed by atoms with van der Waals surface area (Å²) in [5.41, 5.74) is 4.57. The van der Waals surface area contributed by atoms with Crippen LogP contribution in [-0.2, 0) is 9.53 Å². The summed E-state index contributed by atoms with van der Waals surface area (Å²) in [7, 11) is 2.85. The van der Waals surface area contributed by atoms with Gasteiger partial charge in [0.05, 0.1) is 44.8 Å². The van der Waals surface area contributed by atoms with Crippen LogP contribution in [0.3, 0.4) is 0 Å². The van der Waals surface area contributed by atoms with Crippen LogP contribution in [0.1, 0.15) is 44.9 Å². The number of nitrogens with one attached hydrogen (secondary N) is 3. The Bertz CT molecular complexity index is 1310. The van der Waals surface area contributed by atoms with Crippen molar-refractivity contribution in [1.82, 2.24) is 16.1 Å². The number of carbonyl (C=O) groups excluding carboxylic acids is 2. The van der Waals surface area contributed by atoms with E-state index in [1.165, 1.54) is 13.3 Å². The second-order valence-corrected chi connectivity index (χ2v) is 10.4. The lowest BCUT2D eigenvalue weighted by molar-refractivity contribution is -0.136. The van der Waals surface area contributed by atoms with Gasteiger partial charge in [-0.2, -0.15) is 5.10 Å². The van der Waals surface area contributed by atoms with Crippen molar-refractivity contribution in [1.29, 1.82) is 0 Å². The minimum atomic E-state index is -1.15. The van der Waals surface area contributed by atoms with Crippen molar-refractivity contribution in [3.63, 3.8) is 0 Å². The number of rotatable bonds is 13. The molecule has 0 bridgehead atoms. The van der Waals surface area contributed by atoms with E-state index in [-0.39, 0.29) is 18.3 Å². The number of esters is 1. The topological polar surface area (TPSA) is 149 Å². The molecule has 0 saturated carbocycles. The van der Waals surface area contributed by atoms with Gasteiger partial charge in [0.25, 0.3) is 0 Å². The van der Waals surface area contributed by atoms with Crippen LogP contribution in [0.15, 0.2) is 46.7 Å². The van der Waals surface area contributed by atoms with E-state index in [9.17, 15) is 14.7 Å². The first-order valence-electron chi connectivity index (χ1n) is 12.8. The summed E-state index contributed by atoms with van der Waals surface area (Å²) < 4.78 is 28.8. The van der Waals surface area contributed by atoms with Gasteiger partial charge in [0.1, 0.15) is 6.61 Å². The van der Waals surface area contributed by atoms with Gasteiger partial charge in [-0.15, -0.1) is 0 Å². The number of hydrogen-bond acceptors (Lipinski definition) is 10. The van der Waals surface area contributed by atoms with Crippen LogP contribution in [-0.4, -0.2) is 63.1 Å². The van der Waals surface area contributed by atoms with Crippen molar-refractivity contribution >= 4 is 40.8 Å². The number of amides is 2. The molecular formula is C28H35IN4O8. The average Bonchev–Trinajstić information content (AvgIpc) is 2.92. The Morgan fingerprint density at radius 3 is 2.59 bits per heavy atom. The van der Waals surface area contributed by atoms with Crippen molar-refractivity contribution in [2.75, 3.05) is 27.4 Å². The standard InChI is InChI=1S/C28H35IN4O8/c1-7-39-21-11-17(25-24(27(35)38-6)16(4)31-28(36)32-25)8-9-20(21)40-14-23(34)33-30-13-18-10-19(29)12-22(37-5)26(18)41-15(2)3/h8-13,15,23,25,33-34H,7,14H2,1-6H3,(H2,31,32,36)/b30-13+/t23-,25-/m1/s1. The molecule has 0 aromatic heterocycles. The van der Waals surface area contributed by atoms with Crippen molar-refractivity contribution < 1.29 is 38.4 Å².